The van der Waals surface area contributed by atoms with E-state index in [1.165, 1.54) is 0 Å². The normalized spacial score (nSPS) is 44.9. The van der Waals surface area contributed by atoms with Crippen molar-refractivity contribution in [2.24, 2.45) is 17.3 Å². The van der Waals surface area contributed by atoms with Gasteiger partial charge in [0.15, 0.2) is 0 Å². The molecule has 0 aliphatic heterocycles. The van der Waals surface area contributed by atoms with Gasteiger partial charge in [-0.25, -0.2) is 0 Å². The second kappa shape index (κ2) is 3.59. The van der Waals surface area contributed by atoms with Crippen LogP contribution in [0.3, 0.4) is 0 Å². The molecule has 100 valence electrons. The van der Waals surface area contributed by atoms with E-state index in [1.807, 2.05) is 0 Å². The van der Waals surface area contributed by atoms with E-state index in [9.17, 15) is 14.9 Å². The van der Waals surface area contributed by atoms with E-state index in [4.69, 9.17) is 9.94 Å². The van der Waals surface area contributed by atoms with Crippen LogP contribution in [0.25, 0.3) is 0 Å². The van der Waals surface area contributed by atoms with Crippen LogP contribution in [0.15, 0.2) is 0 Å². The Morgan fingerprint density at radius 3 is 2.44 bits per heavy atom. The molecule has 0 heterocycles. The highest BCUT2D eigenvalue weighted by atomic mass is 17.0. The fourth-order valence-corrected chi connectivity index (χ4v) is 5.16. The van der Waals surface area contributed by atoms with E-state index >= 15 is 0 Å². The quantitative estimate of drug-likeness (QED) is 0.613. The molecule has 0 amide bonds. The molecule has 6 nitrogen and oxygen atoms in total. The van der Waals surface area contributed by atoms with E-state index in [0.29, 0.717) is 18.3 Å². The van der Waals surface area contributed by atoms with Crippen molar-refractivity contribution in [2.75, 3.05) is 0 Å². The fourth-order valence-electron chi connectivity index (χ4n) is 5.16. The van der Waals surface area contributed by atoms with Gasteiger partial charge in [0.1, 0.15) is 5.60 Å². The van der Waals surface area contributed by atoms with Crippen molar-refractivity contribution >= 4 is 5.97 Å². The summed E-state index contributed by atoms with van der Waals surface area (Å²) in [6, 6.07) is 0. The third kappa shape index (κ3) is 1.83. The van der Waals surface area contributed by atoms with E-state index < -0.39 is 16.7 Å². The monoisotopic (exact) mass is 255 g/mol. The third-order valence-electron chi connectivity index (χ3n) is 4.92. The van der Waals surface area contributed by atoms with Gasteiger partial charge in [0, 0.05) is 0 Å². The van der Waals surface area contributed by atoms with E-state index in [0.717, 1.165) is 32.1 Å². The van der Waals surface area contributed by atoms with Crippen molar-refractivity contribution < 1.29 is 19.8 Å². The SMILES string of the molecule is O=C(O)CC12C[C@H]3C[C@@H](C1)CC(O[N+](=O)[O-])(C3)C2. The molecule has 1 N–H and O–H groups in total. The van der Waals surface area contributed by atoms with Crippen molar-refractivity contribution in [1.29, 1.82) is 0 Å². The Hall–Kier alpha value is -1.33. The standard InChI is InChI=1S/C12H17NO5/c14-10(15)6-11-2-8-1-9(3-11)5-12(4-8,7-11)18-13(16)17/h8-9H,1-7H2,(H,14,15)/t8-,9+,11?,12?. The van der Waals surface area contributed by atoms with Crippen molar-refractivity contribution in [3.05, 3.63) is 10.1 Å². The highest BCUT2D eigenvalue weighted by molar-refractivity contribution is 5.67. The van der Waals surface area contributed by atoms with Gasteiger partial charge in [0.05, 0.1) is 6.42 Å². The minimum Gasteiger partial charge on any atom is -0.481 e. The van der Waals surface area contributed by atoms with Gasteiger partial charge in [-0.3, -0.25) is 4.79 Å². The molecule has 4 fully saturated rings. The first kappa shape index (κ1) is 11.7. The molecule has 4 aliphatic carbocycles. The molecule has 4 atom stereocenters. The van der Waals surface area contributed by atoms with Gasteiger partial charge in [-0.05, 0) is 55.8 Å². The van der Waals surface area contributed by atoms with Crippen LogP contribution in [-0.2, 0) is 9.63 Å². The summed E-state index contributed by atoms with van der Waals surface area (Å²) in [5.41, 5.74) is -0.949. The zero-order valence-corrected chi connectivity index (χ0v) is 10.1. The molecule has 0 aromatic rings. The molecule has 4 rings (SSSR count). The van der Waals surface area contributed by atoms with Gasteiger partial charge >= 0.3 is 5.97 Å². The molecule has 0 spiro atoms. The lowest BCUT2D eigenvalue weighted by atomic mass is 9.47. The minimum atomic E-state index is -0.798. The molecular weight excluding hydrogens is 238 g/mol. The maximum atomic E-state index is 11.0. The summed E-state index contributed by atoms with van der Waals surface area (Å²) in [6.45, 7) is 0. The smallest absolute Gasteiger partial charge is 0.303 e. The number of hydrogen-bond acceptors (Lipinski definition) is 4. The topological polar surface area (TPSA) is 89.7 Å². The van der Waals surface area contributed by atoms with Crippen LogP contribution in [0.4, 0.5) is 0 Å². The predicted octanol–water partition coefficient (Wildman–Crippen LogP) is 2.01. The number of rotatable bonds is 4. The summed E-state index contributed by atoms with van der Waals surface area (Å²) >= 11 is 0. The average molecular weight is 255 g/mol. The third-order valence-corrected chi connectivity index (χ3v) is 4.92. The molecule has 0 radical (unpaired) electrons. The number of aliphatic carboxylic acids is 1. The van der Waals surface area contributed by atoms with E-state index in [2.05, 4.69) is 0 Å². The van der Waals surface area contributed by atoms with Gasteiger partial charge in [-0.15, -0.1) is 10.1 Å². The Balaban J connectivity index is 1.87. The summed E-state index contributed by atoms with van der Waals surface area (Å²) in [5.74, 6) is 0.0179. The van der Waals surface area contributed by atoms with Gasteiger partial charge in [0.2, 0.25) is 0 Å². The van der Waals surface area contributed by atoms with Crippen LogP contribution in [-0.4, -0.2) is 21.8 Å². The molecule has 4 saturated carbocycles. The fraction of sp³-hybridized carbons (Fsp3) is 0.917. The molecule has 6 heteroatoms. The van der Waals surface area contributed by atoms with Crippen molar-refractivity contribution in [3.8, 4) is 0 Å². The number of carboxylic acid groups (broad SMARTS) is 1. The predicted molar refractivity (Wildman–Crippen MR) is 60.2 cm³/mol. The lowest BCUT2D eigenvalue weighted by molar-refractivity contribution is -0.785. The number of carbonyl (C=O) groups is 1. The molecule has 0 aromatic carbocycles. The molecule has 18 heavy (non-hydrogen) atoms. The van der Waals surface area contributed by atoms with Gasteiger partial charge < -0.3 is 9.94 Å². The molecule has 0 aromatic heterocycles. The van der Waals surface area contributed by atoms with E-state index in [-0.39, 0.29) is 11.8 Å². The molecule has 4 aliphatic rings. The van der Waals surface area contributed by atoms with Gasteiger partial charge in [-0.2, -0.15) is 0 Å². The van der Waals surface area contributed by atoms with Crippen LogP contribution in [0.5, 0.6) is 0 Å². The highest BCUT2D eigenvalue weighted by Gasteiger charge is 2.60. The van der Waals surface area contributed by atoms with E-state index in [1.54, 1.807) is 0 Å². The summed E-state index contributed by atoms with van der Waals surface area (Å²) in [6.07, 6.45) is 5.02. The summed E-state index contributed by atoms with van der Waals surface area (Å²) in [5, 5.41) is 19.0. The Morgan fingerprint density at radius 1 is 1.33 bits per heavy atom. The summed E-state index contributed by atoms with van der Waals surface area (Å²) in [7, 11) is 0. The molecular formula is C12H17NO5. The van der Waals surface area contributed by atoms with Gasteiger partial charge in [0.25, 0.3) is 5.09 Å². The second-order valence-corrected chi connectivity index (χ2v) is 6.53. The zero-order valence-electron chi connectivity index (χ0n) is 10.1. The van der Waals surface area contributed by atoms with Crippen molar-refractivity contribution in [2.45, 2.75) is 50.5 Å². The van der Waals surface area contributed by atoms with Crippen LogP contribution in [0, 0.1) is 27.4 Å². The molecule has 0 saturated heterocycles. The molecule has 2 unspecified atom stereocenters. The van der Waals surface area contributed by atoms with Crippen LogP contribution in [0.1, 0.15) is 44.9 Å². The Kier molecular flexibility index (Phi) is 2.34. The summed E-state index contributed by atoms with van der Waals surface area (Å²) < 4.78 is 0. The molecule has 4 bridgehead atoms. The number of carboxylic acids is 1. The lowest BCUT2D eigenvalue weighted by Gasteiger charge is -2.60. The maximum absolute atomic E-state index is 11.0. The number of nitrogens with zero attached hydrogens (tertiary/aromatic N) is 1. The van der Waals surface area contributed by atoms with Crippen molar-refractivity contribution in [3.63, 3.8) is 0 Å². The Labute approximate surface area is 104 Å². The largest absolute Gasteiger partial charge is 0.481 e. The zero-order chi connectivity index (χ0) is 13.0. The van der Waals surface area contributed by atoms with Crippen LogP contribution >= 0.6 is 0 Å². The van der Waals surface area contributed by atoms with Crippen molar-refractivity contribution in [1.82, 2.24) is 0 Å². The van der Waals surface area contributed by atoms with Crippen LogP contribution in [0.2, 0.25) is 0 Å². The maximum Gasteiger partial charge on any atom is 0.303 e. The Bertz CT molecular complexity index is 359. The first-order valence-electron chi connectivity index (χ1n) is 6.46. The minimum absolute atomic E-state index is 0.128. The Morgan fingerprint density at radius 2 is 1.94 bits per heavy atom. The number of hydrogen-bond donors (Lipinski definition) is 1. The average Bonchev–Trinajstić information content (AvgIpc) is 2.08. The van der Waals surface area contributed by atoms with Gasteiger partial charge in [-0.1, -0.05) is 0 Å². The highest BCUT2D eigenvalue weighted by Crippen LogP contribution is 2.63. The summed E-state index contributed by atoms with van der Waals surface area (Å²) in [4.78, 5) is 26.7. The second-order valence-electron chi connectivity index (χ2n) is 6.53. The first-order valence-corrected chi connectivity index (χ1v) is 6.46. The lowest BCUT2D eigenvalue weighted by Crippen LogP contribution is -2.57. The first-order chi connectivity index (χ1) is 8.40. The van der Waals surface area contributed by atoms with Crippen LogP contribution < -0.4 is 0 Å².